The van der Waals surface area contributed by atoms with E-state index >= 15 is 0 Å². The van der Waals surface area contributed by atoms with Crippen molar-refractivity contribution in [3.63, 3.8) is 0 Å². The Morgan fingerprint density at radius 2 is 1.95 bits per heavy atom. The Morgan fingerprint density at radius 3 is 2.77 bits per heavy atom. The highest BCUT2D eigenvalue weighted by atomic mass is 16.5. The van der Waals surface area contributed by atoms with Crippen LogP contribution < -0.4 is 5.32 Å². The Kier molecular flexibility index (Phi) is 5.33. The van der Waals surface area contributed by atoms with Crippen molar-refractivity contribution in [1.82, 2.24) is 10.3 Å². The zero-order valence-electron chi connectivity index (χ0n) is 22.5. The molecule has 1 aromatic heterocycles. The predicted octanol–water partition coefficient (Wildman–Crippen LogP) is 6.95. The molecule has 0 saturated heterocycles. The summed E-state index contributed by atoms with van der Waals surface area (Å²) in [6.07, 6.45) is 22.6. The third-order valence-corrected chi connectivity index (χ3v) is 9.86. The standard InChI is InChI=1S/C35H35N3O/c1-22-31(23-11-4-2-5-12-23)37-34(24-13-6-3-7-14-24)38-32(22)35-20-26(35)19-28(25-15-10-18-36-21-25)30-27-16-8-9-17-29(27)39-33(30)35/h2-4,6-7,10-11,13-16,18-19,21-22,26,29,31-32H,5,8-9,12,17,20H2,1H3,(H,37,38). The van der Waals surface area contributed by atoms with Crippen LogP contribution in [0.3, 0.4) is 0 Å². The fourth-order valence-electron chi connectivity index (χ4n) is 7.90. The Bertz CT molecular complexity index is 1490. The molecule has 39 heavy (non-hydrogen) atoms. The molecule has 1 N–H and O–H groups in total. The number of aliphatic imine (C=N–C) groups is 1. The predicted molar refractivity (Wildman–Crippen MR) is 156 cm³/mol. The summed E-state index contributed by atoms with van der Waals surface area (Å²) in [5, 5.41) is 4.02. The lowest BCUT2D eigenvalue weighted by atomic mass is 9.72. The molecule has 1 fully saturated rings. The van der Waals surface area contributed by atoms with Gasteiger partial charge in [0, 0.05) is 41.1 Å². The average Bonchev–Trinajstić information content (AvgIpc) is 3.62. The van der Waals surface area contributed by atoms with Crippen molar-refractivity contribution in [1.29, 1.82) is 0 Å². The molecule has 2 aromatic rings. The van der Waals surface area contributed by atoms with Crippen LogP contribution in [0.2, 0.25) is 0 Å². The lowest BCUT2D eigenvalue weighted by Crippen LogP contribution is -2.55. The van der Waals surface area contributed by atoms with Gasteiger partial charge in [-0.2, -0.15) is 0 Å². The van der Waals surface area contributed by atoms with Crippen molar-refractivity contribution in [2.75, 3.05) is 0 Å². The van der Waals surface area contributed by atoms with Crippen molar-refractivity contribution in [3.05, 3.63) is 119 Å². The van der Waals surface area contributed by atoms with E-state index < -0.39 is 0 Å². The molecule has 6 atom stereocenters. The zero-order valence-corrected chi connectivity index (χ0v) is 22.5. The summed E-state index contributed by atoms with van der Waals surface area (Å²) < 4.78 is 7.05. The first-order chi connectivity index (χ1) is 19.2. The highest BCUT2D eigenvalue weighted by molar-refractivity contribution is 6.00. The maximum absolute atomic E-state index is 7.05. The van der Waals surface area contributed by atoms with Gasteiger partial charge < -0.3 is 10.1 Å². The van der Waals surface area contributed by atoms with Crippen LogP contribution in [0.4, 0.5) is 0 Å². The molecule has 1 aromatic carbocycles. The number of pyridine rings is 1. The third-order valence-electron chi connectivity index (χ3n) is 9.86. The van der Waals surface area contributed by atoms with Gasteiger partial charge in [-0.3, -0.25) is 9.98 Å². The lowest BCUT2D eigenvalue weighted by molar-refractivity contribution is 0.0970. The van der Waals surface area contributed by atoms with Gasteiger partial charge >= 0.3 is 0 Å². The van der Waals surface area contributed by atoms with Gasteiger partial charge in [0.1, 0.15) is 17.7 Å². The summed E-state index contributed by atoms with van der Waals surface area (Å²) in [5.74, 6) is 3.06. The molecule has 0 spiro atoms. The quantitative estimate of drug-likeness (QED) is 0.481. The number of hydrogen-bond acceptors (Lipinski definition) is 4. The smallest absolute Gasteiger partial charge is 0.129 e. The van der Waals surface area contributed by atoms with Crippen LogP contribution in [0.5, 0.6) is 0 Å². The Labute approximate surface area is 231 Å². The highest BCUT2D eigenvalue weighted by Gasteiger charge is 2.68. The first-order valence-electron chi connectivity index (χ1n) is 14.7. The molecular weight excluding hydrogens is 478 g/mol. The van der Waals surface area contributed by atoms with Crippen LogP contribution in [0.15, 0.2) is 113 Å². The van der Waals surface area contributed by atoms with Crippen molar-refractivity contribution in [2.24, 2.45) is 22.2 Å². The molecular formula is C35H35N3O. The third kappa shape index (κ3) is 3.57. The largest absolute Gasteiger partial charge is 0.489 e. The van der Waals surface area contributed by atoms with Gasteiger partial charge in [-0.25, -0.2) is 0 Å². The second kappa shape index (κ2) is 8.94. The summed E-state index contributed by atoms with van der Waals surface area (Å²) in [7, 11) is 0. The average molecular weight is 514 g/mol. The number of ether oxygens (including phenoxy) is 1. The minimum atomic E-state index is -0.0437. The minimum absolute atomic E-state index is 0.0437. The molecule has 0 radical (unpaired) electrons. The van der Waals surface area contributed by atoms with E-state index in [1.807, 2.05) is 12.4 Å². The number of benzene rings is 1. The Morgan fingerprint density at radius 1 is 1.05 bits per heavy atom. The van der Waals surface area contributed by atoms with Crippen molar-refractivity contribution < 1.29 is 4.74 Å². The van der Waals surface area contributed by atoms with Crippen LogP contribution in [0.25, 0.3) is 5.57 Å². The van der Waals surface area contributed by atoms with E-state index in [1.54, 1.807) is 0 Å². The van der Waals surface area contributed by atoms with Crippen LogP contribution in [0, 0.1) is 17.3 Å². The maximum Gasteiger partial charge on any atom is 0.129 e. The topological polar surface area (TPSA) is 46.5 Å². The van der Waals surface area contributed by atoms with Gasteiger partial charge in [-0.1, -0.05) is 73.7 Å². The highest BCUT2D eigenvalue weighted by Crippen LogP contribution is 2.70. The van der Waals surface area contributed by atoms with E-state index in [1.165, 1.54) is 45.6 Å². The second-order valence-corrected chi connectivity index (χ2v) is 12.1. The Hall–Kier alpha value is -3.66. The molecule has 6 unspecified atom stereocenters. The Balaban J connectivity index is 1.26. The van der Waals surface area contributed by atoms with Crippen molar-refractivity contribution in [2.45, 2.75) is 63.6 Å². The van der Waals surface area contributed by atoms with E-state index in [-0.39, 0.29) is 23.6 Å². The van der Waals surface area contributed by atoms with E-state index in [2.05, 4.69) is 90.1 Å². The number of rotatable bonds is 4. The van der Waals surface area contributed by atoms with E-state index in [0.29, 0.717) is 11.8 Å². The molecule has 0 bridgehead atoms. The monoisotopic (exact) mass is 513 g/mol. The number of nitrogens with zero attached hydrogens (tertiary/aromatic N) is 2. The molecule has 4 nitrogen and oxygen atoms in total. The van der Waals surface area contributed by atoms with Gasteiger partial charge in [0.25, 0.3) is 0 Å². The molecule has 2 aliphatic heterocycles. The summed E-state index contributed by atoms with van der Waals surface area (Å²) in [6.45, 7) is 2.42. The van der Waals surface area contributed by atoms with Crippen molar-refractivity contribution >= 4 is 11.4 Å². The lowest BCUT2D eigenvalue weighted by Gasteiger charge is -2.43. The fourth-order valence-corrected chi connectivity index (χ4v) is 7.90. The van der Waals surface area contributed by atoms with Crippen molar-refractivity contribution in [3.8, 4) is 0 Å². The van der Waals surface area contributed by atoms with Gasteiger partial charge in [0.05, 0.1) is 11.5 Å². The summed E-state index contributed by atoms with van der Waals surface area (Å²) in [6, 6.07) is 15.4. The molecule has 196 valence electrons. The van der Waals surface area contributed by atoms with Gasteiger partial charge in [-0.15, -0.1) is 0 Å². The summed E-state index contributed by atoms with van der Waals surface area (Å²) in [4.78, 5) is 9.86. The second-order valence-electron chi connectivity index (χ2n) is 12.1. The van der Waals surface area contributed by atoms with Crippen LogP contribution in [-0.2, 0) is 4.74 Å². The molecule has 4 aliphatic carbocycles. The molecule has 3 heterocycles. The van der Waals surface area contributed by atoms with Crippen LogP contribution in [-0.4, -0.2) is 29.0 Å². The normalized spacial score (nSPS) is 34.3. The van der Waals surface area contributed by atoms with Gasteiger partial charge in [0.15, 0.2) is 0 Å². The van der Waals surface area contributed by atoms with E-state index in [9.17, 15) is 0 Å². The summed E-state index contributed by atoms with van der Waals surface area (Å²) in [5.41, 5.74) is 7.87. The summed E-state index contributed by atoms with van der Waals surface area (Å²) >= 11 is 0. The van der Waals surface area contributed by atoms with Crippen LogP contribution >= 0.6 is 0 Å². The molecule has 6 aliphatic rings. The molecule has 0 amide bonds. The molecule has 1 saturated carbocycles. The number of fused-ring (bicyclic) bond motifs is 4. The maximum atomic E-state index is 7.05. The number of amidine groups is 1. The number of allylic oxidation sites excluding steroid dienone is 6. The zero-order chi connectivity index (χ0) is 26.0. The van der Waals surface area contributed by atoms with Gasteiger partial charge in [0.2, 0.25) is 0 Å². The minimum Gasteiger partial charge on any atom is -0.489 e. The first-order valence-corrected chi connectivity index (χ1v) is 14.7. The number of nitrogens with one attached hydrogen (secondary N) is 1. The number of hydrogen-bond donors (Lipinski definition) is 1. The van der Waals surface area contributed by atoms with Gasteiger partial charge in [-0.05, 0) is 67.2 Å². The van der Waals surface area contributed by atoms with E-state index in [0.717, 1.165) is 37.9 Å². The molecule has 8 rings (SSSR count). The first kappa shape index (κ1) is 23.2. The van der Waals surface area contributed by atoms with E-state index in [4.69, 9.17) is 9.73 Å². The fraction of sp³-hybridized carbons (Fsp3) is 0.371. The van der Waals surface area contributed by atoms with Crippen LogP contribution in [0.1, 0.15) is 56.6 Å². The molecule has 4 heteroatoms. The number of aromatic nitrogens is 1. The SMILES string of the molecule is CC1C(C2=CC=CCC2)N=C(c2ccccc2)NC1C12CC1C=C(c1cccnc1)C1=C2OC2CCCC=C12.